The number of H-pyrrole nitrogens is 1. The molecule has 2 rings (SSSR count). The molecule has 2 N–H and O–H groups in total. The van der Waals surface area contributed by atoms with E-state index in [0.717, 1.165) is 18.8 Å². The van der Waals surface area contributed by atoms with Crippen molar-refractivity contribution in [2.75, 3.05) is 13.1 Å². The van der Waals surface area contributed by atoms with Gasteiger partial charge in [0.2, 0.25) is 0 Å². The largest absolute Gasteiger partial charge is 0.346 e. The van der Waals surface area contributed by atoms with E-state index in [1.807, 2.05) is 6.20 Å². The van der Waals surface area contributed by atoms with Crippen molar-refractivity contribution in [3.63, 3.8) is 0 Å². The Bertz CT molecular complexity index is 274. The predicted octanol–water partition coefficient (Wildman–Crippen LogP) is 1.51. The van der Waals surface area contributed by atoms with Crippen LogP contribution in [-0.2, 0) is 12.8 Å². The maximum Gasteiger partial charge on any atom is 0.106 e. The average Bonchev–Trinajstić information content (AvgIpc) is 2.67. The van der Waals surface area contributed by atoms with Crippen molar-refractivity contribution in [3.8, 4) is 0 Å². The number of nitrogens with zero attached hydrogens (tertiary/aromatic N) is 1. The first-order valence-electron chi connectivity index (χ1n) is 5.62. The van der Waals surface area contributed by atoms with Crippen LogP contribution in [0.5, 0.6) is 0 Å². The molecule has 0 aliphatic carbocycles. The van der Waals surface area contributed by atoms with E-state index in [0.29, 0.717) is 0 Å². The van der Waals surface area contributed by atoms with Crippen LogP contribution in [0.15, 0.2) is 6.20 Å². The summed E-state index contributed by atoms with van der Waals surface area (Å²) in [6.45, 7) is 4.50. The van der Waals surface area contributed by atoms with E-state index in [2.05, 4.69) is 22.2 Å². The van der Waals surface area contributed by atoms with E-state index in [1.54, 1.807) is 0 Å². The summed E-state index contributed by atoms with van der Waals surface area (Å²) in [5, 5.41) is 3.39. The van der Waals surface area contributed by atoms with Crippen LogP contribution in [0.25, 0.3) is 0 Å². The molecule has 1 saturated heterocycles. The molecule has 1 aliphatic rings. The maximum atomic E-state index is 4.41. The standard InChI is InChI=1S/C11H19N3/c1-2-10-8-13-11(14-10)7-9-3-5-12-6-4-9/h8-9,12H,2-7H2,1H3,(H,13,14). The molecule has 0 bridgehead atoms. The van der Waals surface area contributed by atoms with E-state index in [1.165, 1.54) is 37.4 Å². The molecular formula is C11H19N3. The van der Waals surface area contributed by atoms with Gasteiger partial charge in [0.15, 0.2) is 0 Å². The highest BCUT2D eigenvalue weighted by Crippen LogP contribution is 2.16. The summed E-state index contributed by atoms with van der Waals surface area (Å²) in [4.78, 5) is 7.78. The average molecular weight is 193 g/mol. The van der Waals surface area contributed by atoms with Crippen LogP contribution >= 0.6 is 0 Å². The zero-order valence-electron chi connectivity index (χ0n) is 8.84. The van der Waals surface area contributed by atoms with E-state index in [9.17, 15) is 0 Å². The summed E-state index contributed by atoms with van der Waals surface area (Å²) in [7, 11) is 0. The molecule has 1 aromatic rings. The minimum absolute atomic E-state index is 0.826. The summed E-state index contributed by atoms with van der Waals surface area (Å²) >= 11 is 0. The Balaban J connectivity index is 1.89. The highest BCUT2D eigenvalue weighted by Gasteiger charge is 2.14. The van der Waals surface area contributed by atoms with Crippen molar-refractivity contribution in [3.05, 3.63) is 17.7 Å². The van der Waals surface area contributed by atoms with Gasteiger partial charge in [-0.2, -0.15) is 0 Å². The zero-order chi connectivity index (χ0) is 9.80. The van der Waals surface area contributed by atoms with Gasteiger partial charge in [0.05, 0.1) is 0 Å². The molecule has 0 radical (unpaired) electrons. The first kappa shape index (κ1) is 9.71. The lowest BCUT2D eigenvalue weighted by atomic mass is 9.94. The summed E-state index contributed by atoms with van der Waals surface area (Å²) in [6.07, 6.45) is 6.74. The van der Waals surface area contributed by atoms with Crippen LogP contribution in [0.3, 0.4) is 0 Å². The van der Waals surface area contributed by atoms with Gasteiger partial charge in [-0.25, -0.2) is 4.98 Å². The van der Waals surface area contributed by atoms with Gasteiger partial charge in [0.1, 0.15) is 5.82 Å². The molecule has 0 aromatic carbocycles. The minimum Gasteiger partial charge on any atom is -0.346 e. The molecule has 2 heterocycles. The summed E-state index contributed by atoms with van der Waals surface area (Å²) in [5.74, 6) is 2.00. The van der Waals surface area contributed by atoms with Crippen molar-refractivity contribution in [2.24, 2.45) is 5.92 Å². The van der Waals surface area contributed by atoms with Gasteiger partial charge in [-0.15, -0.1) is 0 Å². The number of hydrogen-bond donors (Lipinski definition) is 2. The molecule has 0 saturated carbocycles. The number of aromatic amines is 1. The minimum atomic E-state index is 0.826. The van der Waals surface area contributed by atoms with Gasteiger partial charge in [-0.05, 0) is 38.3 Å². The van der Waals surface area contributed by atoms with Gasteiger partial charge in [0.25, 0.3) is 0 Å². The molecule has 3 heteroatoms. The highest BCUT2D eigenvalue weighted by molar-refractivity contribution is 5.01. The molecule has 0 atom stereocenters. The fraction of sp³-hybridized carbons (Fsp3) is 0.727. The molecular weight excluding hydrogens is 174 g/mol. The van der Waals surface area contributed by atoms with Crippen molar-refractivity contribution < 1.29 is 0 Å². The SMILES string of the molecule is CCc1cnc(CC2CCNCC2)[nH]1. The number of rotatable bonds is 3. The van der Waals surface area contributed by atoms with Crippen molar-refractivity contribution in [2.45, 2.75) is 32.6 Å². The Hall–Kier alpha value is -0.830. The van der Waals surface area contributed by atoms with Crippen molar-refractivity contribution >= 4 is 0 Å². The number of piperidine rings is 1. The number of imidazole rings is 1. The molecule has 78 valence electrons. The van der Waals surface area contributed by atoms with E-state index in [4.69, 9.17) is 0 Å². The van der Waals surface area contributed by atoms with Gasteiger partial charge < -0.3 is 10.3 Å². The van der Waals surface area contributed by atoms with Crippen LogP contribution in [0.1, 0.15) is 31.3 Å². The Morgan fingerprint density at radius 2 is 2.21 bits per heavy atom. The topological polar surface area (TPSA) is 40.7 Å². The quantitative estimate of drug-likeness (QED) is 0.764. The van der Waals surface area contributed by atoms with Gasteiger partial charge in [-0.1, -0.05) is 6.92 Å². The molecule has 14 heavy (non-hydrogen) atoms. The van der Waals surface area contributed by atoms with Crippen LogP contribution in [0.4, 0.5) is 0 Å². The number of aromatic nitrogens is 2. The first-order valence-corrected chi connectivity index (χ1v) is 5.62. The number of hydrogen-bond acceptors (Lipinski definition) is 2. The second-order valence-electron chi connectivity index (χ2n) is 4.11. The van der Waals surface area contributed by atoms with Crippen LogP contribution in [-0.4, -0.2) is 23.1 Å². The molecule has 1 fully saturated rings. The highest BCUT2D eigenvalue weighted by atomic mass is 14.9. The second-order valence-corrected chi connectivity index (χ2v) is 4.11. The molecule has 0 spiro atoms. The monoisotopic (exact) mass is 193 g/mol. The fourth-order valence-corrected chi connectivity index (χ4v) is 2.05. The number of nitrogens with one attached hydrogen (secondary N) is 2. The molecule has 0 unspecified atom stereocenters. The van der Waals surface area contributed by atoms with Crippen LogP contribution < -0.4 is 5.32 Å². The third-order valence-electron chi connectivity index (χ3n) is 3.00. The van der Waals surface area contributed by atoms with E-state index < -0.39 is 0 Å². The Labute approximate surface area is 85.3 Å². The Morgan fingerprint density at radius 1 is 1.43 bits per heavy atom. The fourth-order valence-electron chi connectivity index (χ4n) is 2.05. The molecule has 1 aliphatic heterocycles. The third kappa shape index (κ3) is 2.35. The lowest BCUT2D eigenvalue weighted by molar-refractivity contribution is 0.368. The zero-order valence-corrected chi connectivity index (χ0v) is 8.84. The van der Waals surface area contributed by atoms with E-state index >= 15 is 0 Å². The lowest BCUT2D eigenvalue weighted by Crippen LogP contribution is -2.28. The smallest absolute Gasteiger partial charge is 0.106 e. The Morgan fingerprint density at radius 3 is 2.86 bits per heavy atom. The normalized spacial score (nSPS) is 18.6. The van der Waals surface area contributed by atoms with Gasteiger partial charge in [0, 0.05) is 18.3 Å². The molecule has 1 aromatic heterocycles. The van der Waals surface area contributed by atoms with Crippen molar-refractivity contribution in [1.29, 1.82) is 0 Å². The van der Waals surface area contributed by atoms with Crippen LogP contribution in [0.2, 0.25) is 0 Å². The summed E-state index contributed by atoms with van der Waals surface area (Å²) in [6, 6.07) is 0. The summed E-state index contributed by atoms with van der Waals surface area (Å²) in [5.41, 5.74) is 1.26. The summed E-state index contributed by atoms with van der Waals surface area (Å²) < 4.78 is 0. The first-order chi connectivity index (χ1) is 6.88. The lowest BCUT2D eigenvalue weighted by Gasteiger charge is -2.21. The second kappa shape index (κ2) is 4.60. The predicted molar refractivity (Wildman–Crippen MR) is 57.3 cm³/mol. The van der Waals surface area contributed by atoms with Crippen molar-refractivity contribution in [1.82, 2.24) is 15.3 Å². The van der Waals surface area contributed by atoms with E-state index in [-0.39, 0.29) is 0 Å². The van der Waals surface area contributed by atoms with Gasteiger partial charge in [-0.3, -0.25) is 0 Å². The Kier molecular flexibility index (Phi) is 3.19. The van der Waals surface area contributed by atoms with Crippen LogP contribution in [0, 0.1) is 5.92 Å². The number of aryl methyl sites for hydroxylation is 1. The van der Waals surface area contributed by atoms with Gasteiger partial charge >= 0.3 is 0 Å². The molecule has 3 nitrogen and oxygen atoms in total. The molecule has 0 amide bonds. The maximum absolute atomic E-state index is 4.41. The third-order valence-corrected chi connectivity index (χ3v) is 3.00.